The molecular formula is C21H20ClFN4O4. The number of benzene rings is 2. The predicted molar refractivity (Wildman–Crippen MR) is 111 cm³/mol. The lowest BCUT2D eigenvalue weighted by Crippen LogP contribution is -2.46. The Kier molecular flexibility index (Phi) is 6.67. The minimum atomic E-state index is -2.06. The maximum Gasteiger partial charge on any atom is 0.335 e. The second-order valence-electron chi connectivity index (χ2n) is 7.31. The van der Waals surface area contributed by atoms with Gasteiger partial charge in [-0.05, 0) is 53.8 Å². The van der Waals surface area contributed by atoms with Gasteiger partial charge < -0.3 is 15.5 Å². The molecule has 31 heavy (non-hydrogen) atoms. The molecule has 0 fully saturated rings. The van der Waals surface area contributed by atoms with E-state index >= 15 is 0 Å². The molecule has 0 aliphatic carbocycles. The van der Waals surface area contributed by atoms with Crippen molar-refractivity contribution in [1.82, 2.24) is 20.5 Å². The van der Waals surface area contributed by atoms with Gasteiger partial charge in [-0.3, -0.25) is 4.79 Å². The molecule has 4 N–H and O–H groups in total. The average molecular weight is 447 g/mol. The van der Waals surface area contributed by atoms with Crippen LogP contribution in [0.3, 0.4) is 0 Å². The van der Waals surface area contributed by atoms with Crippen molar-refractivity contribution in [2.75, 3.05) is 0 Å². The van der Waals surface area contributed by atoms with Crippen molar-refractivity contribution >= 4 is 23.5 Å². The summed E-state index contributed by atoms with van der Waals surface area (Å²) >= 11 is 5.64. The molecular weight excluding hydrogens is 427 g/mol. The van der Waals surface area contributed by atoms with Crippen LogP contribution in [0.2, 0.25) is 5.28 Å². The molecule has 0 radical (unpaired) electrons. The Morgan fingerprint density at radius 2 is 1.94 bits per heavy atom. The number of H-pyrrole nitrogens is 1. The molecule has 10 heteroatoms. The first-order chi connectivity index (χ1) is 14.6. The van der Waals surface area contributed by atoms with Crippen molar-refractivity contribution in [3.05, 3.63) is 71.0 Å². The molecule has 0 aliphatic rings. The van der Waals surface area contributed by atoms with Gasteiger partial charge in [-0.15, -0.1) is 5.10 Å². The summed E-state index contributed by atoms with van der Waals surface area (Å²) in [5.41, 5.74) is 0.235. The van der Waals surface area contributed by atoms with E-state index in [1.54, 1.807) is 36.4 Å². The third-order valence-corrected chi connectivity index (χ3v) is 4.86. The van der Waals surface area contributed by atoms with Gasteiger partial charge in [-0.25, -0.2) is 14.3 Å². The fourth-order valence-electron chi connectivity index (χ4n) is 3.12. The smallest absolute Gasteiger partial charge is 0.335 e. The molecule has 0 unspecified atom stereocenters. The van der Waals surface area contributed by atoms with Gasteiger partial charge in [0.2, 0.25) is 11.1 Å². The first-order valence-corrected chi connectivity index (χ1v) is 9.71. The third kappa shape index (κ3) is 5.87. The summed E-state index contributed by atoms with van der Waals surface area (Å²) in [4.78, 5) is 27.5. The normalized spacial score (nSPS) is 13.9. The maximum absolute atomic E-state index is 13.5. The fraction of sp³-hybridized carbons (Fsp3) is 0.238. The standard InChI is InChI=1S/C21H20ClFN4O4/c1-21(31,19(29)30)11-16(24-18(28)17-25-20(22)27-26-17)9-12-5-7-13(8-6-12)14-3-2-4-15(23)10-14/h2-8,10,16,31H,9,11H2,1H3,(H,24,28)(H,29,30)(H,25,26,27)/t16-,21-/m0/s1. The van der Waals surface area contributed by atoms with Gasteiger partial charge in [0.15, 0.2) is 5.60 Å². The van der Waals surface area contributed by atoms with Crippen molar-refractivity contribution in [2.24, 2.45) is 0 Å². The molecule has 2 aromatic carbocycles. The number of amides is 1. The lowest BCUT2D eigenvalue weighted by molar-refractivity contribution is -0.157. The minimum Gasteiger partial charge on any atom is -0.479 e. The number of hydrogen-bond acceptors (Lipinski definition) is 5. The number of halogens is 2. The van der Waals surface area contributed by atoms with E-state index < -0.39 is 23.5 Å². The summed E-state index contributed by atoms with van der Waals surface area (Å²) in [6.45, 7) is 1.16. The lowest BCUT2D eigenvalue weighted by Gasteiger charge is -2.25. The summed E-state index contributed by atoms with van der Waals surface area (Å²) in [6.07, 6.45) is -0.0192. The number of carbonyl (C=O) groups is 2. The number of aromatic nitrogens is 3. The van der Waals surface area contributed by atoms with Crippen molar-refractivity contribution in [2.45, 2.75) is 31.4 Å². The number of aliphatic hydroxyl groups is 1. The monoisotopic (exact) mass is 446 g/mol. The van der Waals surface area contributed by atoms with Crippen LogP contribution in [0, 0.1) is 5.82 Å². The van der Waals surface area contributed by atoms with E-state index in [1.165, 1.54) is 12.1 Å². The van der Waals surface area contributed by atoms with Crippen LogP contribution in [-0.2, 0) is 11.2 Å². The van der Waals surface area contributed by atoms with E-state index in [2.05, 4.69) is 20.5 Å². The van der Waals surface area contributed by atoms with Gasteiger partial charge in [0.25, 0.3) is 5.91 Å². The summed E-state index contributed by atoms with van der Waals surface area (Å²) < 4.78 is 13.5. The molecule has 0 spiro atoms. The number of hydrogen-bond donors (Lipinski definition) is 4. The Morgan fingerprint density at radius 3 is 2.52 bits per heavy atom. The molecule has 162 valence electrons. The first kappa shape index (κ1) is 22.4. The number of carboxylic acids is 1. The molecule has 1 amide bonds. The van der Waals surface area contributed by atoms with Crippen LogP contribution in [0.1, 0.15) is 29.5 Å². The molecule has 8 nitrogen and oxygen atoms in total. The number of nitrogens with one attached hydrogen (secondary N) is 2. The van der Waals surface area contributed by atoms with Crippen LogP contribution in [0.15, 0.2) is 48.5 Å². The lowest BCUT2D eigenvalue weighted by atomic mass is 9.92. The molecule has 1 aromatic heterocycles. The SMILES string of the molecule is C[C@](O)(C[C@H](Cc1ccc(-c2cccc(F)c2)cc1)NC(=O)c1n[nH]c(Cl)n1)C(=O)O. The minimum absolute atomic E-state index is 0.0628. The second-order valence-corrected chi connectivity index (χ2v) is 7.67. The van der Waals surface area contributed by atoms with E-state index in [1.807, 2.05) is 0 Å². The van der Waals surface area contributed by atoms with Crippen molar-refractivity contribution in [3.63, 3.8) is 0 Å². The molecule has 1 heterocycles. The fourth-order valence-corrected chi connectivity index (χ4v) is 3.24. The van der Waals surface area contributed by atoms with Crippen LogP contribution in [-0.4, -0.2) is 48.9 Å². The highest BCUT2D eigenvalue weighted by molar-refractivity contribution is 6.28. The van der Waals surface area contributed by atoms with Gasteiger partial charge in [0.05, 0.1) is 0 Å². The van der Waals surface area contributed by atoms with Crippen LogP contribution < -0.4 is 5.32 Å². The summed E-state index contributed by atoms with van der Waals surface area (Å²) in [5.74, 6) is -2.61. The highest BCUT2D eigenvalue weighted by Gasteiger charge is 2.34. The predicted octanol–water partition coefficient (Wildman–Crippen LogP) is 2.83. The second kappa shape index (κ2) is 9.23. The molecule has 3 aromatic rings. The van der Waals surface area contributed by atoms with Crippen molar-refractivity contribution < 1.29 is 24.2 Å². The molecule has 0 saturated carbocycles. The Bertz CT molecular complexity index is 1080. The van der Waals surface area contributed by atoms with E-state index in [0.717, 1.165) is 18.1 Å². The molecule has 0 saturated heterocycles. The first-order valence-electron chi connectivity index (χ1n) is 9.33. The largest absolute Gasteiger partial charge is 0.479 e. The number of carboxylic acid groups (broad SMARTS) is 1. The molecule has 3 rings (SSSR count). The highest BCUT2D eigenvalue weighted by Crippen LogP contribution is 2.22. The summed E-state index contributed by atoms with van der Waals surface area (Å²) in [7, 11) is 0. The van der Waals surface area contributed by atoms with Gasteiger partial charge >= 0.3 is 5.97 Å². The van der Waals surface area contributed by atoms with Crippen molar-refractivity contribution in [3.8, 4) is 11.1 Å². The highest BCUT2D eigenvalue weighted by atomic mass is 35.5. The van der Waals surface area contributed by atoms with Crippen molar-refractivity contribution in [1.29, 1.82) is 0 Å². The summed E-state index contributed by atoms with van der Waals surface area (Å²) in [5, 5.41) is 28.0. The maximum atomic E-state index is 13.5. The van der Waals surface area contributed by atoms with E-state index in [0.29, 0.717) is 5.56 Å². The molecule has 2 atom stereocenters. The van der Waals surface area contributed by atoms with Crippen LogP contribution >= 0.6 is 11.6 Å². The van der Waals surface area contributed by atoms with Crippen LogP contribution in [0.25, 0.3) is 11.1 Å². The zero-order valence-electron chi connectivity index (χ0n) is 16.5. The van der Waals surface area contributed by atoms with Gasteiger partial charge in [-0.1, -0.05) is 36.4 Å². The van der Waals surface area contributed by atoms with E-state index in [9.17, 15) is 24.2 Å². The Balaban J connectivity index is 1.78. The van der Waals surface area contributed by atoms with Gasteiger partial charge in [-0.2, -0.15) is 4.98 Å². The Labute approximate surface area is 182 Å². The number of rotatable bonds is 8. The van der Waals surface area contributed by atoms with E-state index in [-0.39, 0.29) is 29.8 Å². The number of aliphatic carboxylic acids is 1. The molecule has 0 bridgehead atoms. The number of nitrogens with zero attached hydrogens (tertiary/aromatic N) is 2. The number of aromatic amines is 1. The summed E-state index contributed by atoms with van der Waals surface area (Å²) in [6, 6.07) is 12.6. The third-order valence-electron chi connectivity index (χ3n) is 4.70. The Morgan fingerprint density at radius 1 is 1.23 bits per heavy atom. The average Bonchev–Trinajstić information content (AvgIpc) is 3.14. The van der Waals surface area contributed by atoms with E-state index in [4.69, 9.17) is 11.6 Å². The number of carbonyl (C=O) groups excluding carboxylic acids is 1. The zero-order chi connectivity index (χ0) is 22.6. The van der Waals surface area contributed by atoms with Crippen LogP contribution in [0.4, 0.5) is 4.39 Å². The zero-order valence-corrected chi connectivity index (χ0v) is 17.2. The quantitative estimate of drug-likeness (QED) is 0.421. The van der Waals surface area contributed by atoms with Crippen LogP contribution in [0.5, 0.6) is 0 Å². The van der Waals surface area contributed by atoms with Gasteiger partial charge in [0.1, 0.15) is 5.82 Å². The van der Waals surface area contributed by atoms with Gasteiger partial charge in [0, 0.05) is 12.5 Å². The molecule has 0 aliphatic heterocycles. The Hall–Kier alpha value is -3.30. The topological polar surface area (TPSA) is 128 Å².